The molecule has 4 fully saturated rings. The van der Waals surface area contributed by atoms with Gasteiger partial charge in [0.25, 0.3) is 5.91 Å². The molecule has 206 valence electrons. The van der Waals surface area contributed by atoms with Crippen molar-refractivity contribution in [3.05, 3.63) is 107 Å². The van der Waals surface area contributed by atoms with E-state index in [1.807, 2.05) is 61.5 Å². The molecule has 0 radical (unpaired) electrons. The second-order valence-electron chi connectivity index (χ2n) is 12.4. The number of aryl methyl sites for hydroxylation is 1. The SMILES string of the molecule is Cc1ccc(C(=O)COC(=O)[C@H](Cc2ccccc2)NC(=O)c2ccc(C34CC5CC(CC(C5)C3)C4)cc2)cc1. The molecule has 0 heterocycles. The van der Waals surface area contributed by atoms with Crippen molar-refractivity contribution in [2.24, 2.45) is 17.8 Å². The Hall–Kier alpha value is -3.73. The number of hydrogen-bond acceptors (Lipinski definition) is 4. The lowest BCUT2D eigenvalue weighted by Crippen LogP contribution is -2.48. The first-order valence-corrected chi connectivity index (χ1v) is 14.6. The van der Waals surface area contributed by atoms with Crippen LogP contribution in [0.5, 0.6) is 0 Å². The summed E-state index contributed by atoms with van der Waals surface area (Å²) < 4.78 is 5.41. The predicted octanol–water partition coefficient (Wildman–Crippen LogP) is 6.23. The molecule has 4 aliphatic rings. The lowest BCUT2D eigenvalue weighted by Gasteiger charge is -2.57. The minimum atomic E-state index is -0.913. The van der Waals surface area contributed by atoms with Crippen LogP contribution in [0.1, 0.15) is 75.9 Å². The van der Waals surface area contributed by atoms with Gasteiger partial charge in [0.15, 0.2) is 12.4 Å². The van der Waals surface area contributed by atoms with Gasteiger partial charge in [0, 0.05) is 17.5 Å². The fourth-order valence-corrected chi connectivity index (χ4v) is 7.78. The van der Waals surface area contributed by atoms with E-state index >= 15 is 0 Å². The summed E-state index contributed by atoms with van der Waals surface area (Å²) >= 11 is 0. The standard InChI is InChI=1S/C35H37NO4/c1-23-7-9-28(10-8-23)32(37)22-40-34(39)31(18-24-5-3-2-4-6-24)36-33(38)29-11-13-30(14-12-29)35-19-25-15-26(20-35)17-27(16-25)21-35/h2-14,25-27,31H,15-22H2,1H3,(H,36,38)/t25?,26?,27?,31-,35?/m0/s1. The Morgan fingerprint density at radius 2 is 1.38 bits per heavy atom. The summed E-state index contributed by atoms with van der Waals surface area (Å²) in [5, 5.41) is 2.88. The van der Waals surface area contributed by atoms with Gasteiger partial charge >= 0.3 is 5.97 Å². The number of hydrogen-bond donors (Lipinski definition) is 1. The summed E-state index contributed by atoms with van der Waals surface area (Å²) in [5.41, 5.74) is 4.58. The van der Waals surface area contributed by atoms with Crippen LogP contribution in [0.15, 0.2) is 78.9 Å². The molecule has 5 nitrogen and oxygen atoms in total. The van der Waals surface area contributed by atoms with Gasteiger partial charge in [-0.05, 0) is 91.9 Å². The van der Waals surface area contributed by atoms with Gasteiger partial charge < -0.3 is 10.1 Å². The average Bonchev–Trinajstić information content (AvgIpc) is 2.95. The average molecular weight is 536 g/mol. The number of carbonyl (C=O) groups excluding carboxylic acids is 3. The molecule has 1 atom stereocenters. The lowest BCUT2D eigenvalue weighted by atomic mass is 9.48. The van der Waals surface area contributed by atoms with Crippen LogP contribution in [0.3, 0.4) is 0 Å². The molecule has 3 aromatic rings. The Bertz CT molecular complexity index is 1340. The highest BCUT2D eigenvalue weighted by atomic mass is 16.5. The third kappa shape index (κ3) is 5.60. The summed E-state index contributed by atoms with van der Waals surface area (Å²) in [5.74, 6) is 1.35. The van der Waals surface area contributed by atoms with Gasteiger partial charge in [-0.3, -0.25) is 9.59 Å². The molecule has 7 rings (SSSR count). The number of benzene rings is 3. The zero-order valence-electron chi connectivity index (χ0n) is 23.1. The van der Waals surface area contributed by atoms with Crippen molar-refractivity contribution in [2.75, 3.05) is 6.61 Å². The molecule has 0 unspecified atom stereocenters. The number of ether oxygens (including phenoxy) is 1. The van der Waals surface area contributed by atoms with Crippen LogP contribution in [0.25, 0.3) is 0 Å². The highest BCUT2D eigenvalue weighted by Crippen LogP contribution is 2.60. The number of esters is 1. The maximum Gasteiger partial charge on any atom is 0.329 e. The maximum absolute atomic E-state index is 13.3. The van der Waals surface area contributed by atoms with Crippen molar-refractivity contribution < 1.29 is 19.1 Å². The molecule has 4 aliphatic carbocycles. The van der Waals surface area contributed by atoms with Crippen LogP contribution >= 0.6 is 0 Å². The van der Waals surface area contributed by atoms with E-state index in [2.05, 4.69) is 17.4 Å². The first kappa shape index (κ1) is 26.5. The van der Waals surface area contributed by atoms with Crippen molar-refractivity contribution in [3.8, 4) is 0 Å². The van der Waals surface area contributed by atoms with Crippen molar-refractivity contribution in [1.82, 2.24) is 5.32 Å². The van der Waals surface area contributed by atoms with Gasteiger partial charge in [-0.2, -0.15) is 0 Å². The van der Waals surface area contributed by atoms with Gasteiger partial charge in [-0.1, -0.05) is 72.3 Å². The Kier molecular flexibility index (Phi) is 7.31. The molecule has 5 heteroatoms. The molecule has 1 N–H and O–H groups in total. The molecule has 0 saturated heterocycles. The maximum atomic E-state index is 13.3. The highest BCUT2D eigenvalue weighted by Gasteiger charge is 2.51. The van der Waals surface area contributed by atoms with Crippen LogP contribution < -0.4 is 5.32 Å². The Balaban J connectivity index is 1.13. The summed E-state index contributed by atoms with van der Waals surface area (Å²) in [4.78, 5) is 39.0. The smallest absolute Gasteiger partial charge is 0.329 e. The molecule has 3 aromatic carbocycles. The summed E-state index contributed by atoms with van der Waals surface area (Å²) in [6, 6.07) is 23.8. The van der Waals surface area contributed by atoms with Crippen LogP contribution in [-0.2, 0) is 21.4 Å². The quantitative estimate of drug-likeness (QED) is 0.260. The molecule has 4 saturated carbocycles. The molecule has 1 amide bonds. The van der Waals surface area contributed by atoms with Crippen molar-refractivity contribution >= 4 is 17.7 Å². The van der Waals surface area contributed by atoms with Gasteiger partial charge in [0.1, 0.15) is 6.04 Å². The Morgan fingerprint density at radius 1 is 0.800 bits per heavy atom. The number of rotatable bonds is 9. The third-order valence-electron chi connectivity index (χ3n) is 9.39. The van der Waals surface area contributed by atoms with Crippen molar-refractivity contribution in [3.63, 3.8) is 0 Å². The number of Topliss-reactive ketones (excluding diaryl/α,β-unsaturated/α-hetero) is 1. The first-order chi connectivity index (χ1) is 19.4. The summed E-state index contributed by atoms with van der Waals surface area (Å²) in [7, 11) is 0. The number of carbonyl (C=O) groups is 3. The summed E-state index contributed by atoms with van der Waals surface area (Å²) in [6.07, 6.45) is 8.29. The van der Waals surface area contributed by atoms with E-state index in [9.17, 15) is 14.4 Å². The van der Waals surface area contributed by atoms with Crippen LogP contribution in [0, 0.1) is 24.7 Å². The number of amides is 1. The minimum Gasteiger partial charge on any atom is -0.456 e. The van der Waals surface area contributed by atoms with E-state index in [4.69, 9.17) is 4.74 Å². The topological polar surface area (TPSA) is 72.5 Å². The molecule has 40 heavy (non-hydrogen) atoms. The second kappa shape index (κ2) is 11.0. The van der Waals surface area contributed by atoms with Gasteiger partial charge in [-0.15, -0.1) is 0 Å². The van der Waals surface area contributed by atoms with Crippen LogP contribution in [-0.4, -0.2) is 30.3 Å². The van der Waals surface area contributed by atoms with E-state index in [-0.39, 0.29) is 30.1 Å². The fraction of sp³-hybridized carbons (Fsp3) is 0.400. The van der Waals surface area contributed by atoms with E-state index < -0.39 is 12.0 Å². The van der Waals surface area contributed by atoms with Crippen molar-refractivity contribution in [2.45, 2.75) is 63.3 Å². The number of ketones is 1. The molecule has 0 aromatic heterocycles. The van der Waals surface area contributed by atoms with E-state index in [0.717, 1.165) is 28.9 Å². The lowest BCUT2D eigenvalue weighted by molar-refractivity contribution is -0.144. The second-order valence-corrected chi connectivity index (χ2v) is 12.4. The van der Waals surface area contributed by atoms with E-state index in [1.165, 1.54) is 44.1 Å². The third-order valence-corrected chi connectivity index (χ3v) is 9.39. The zero-order valence-corrected chi connectivity index (χ0v) is 23.1. The molecular formula is C35H37NO4. The van der Waals surface area contributed by atoms with Crippen LogP contribution in [0.2, 0.25) is 0 Å². The minimum absolute atomic E-state index is 0.271. The number of nitrogens with one attached hydrogen (secondary N) is 1. The highest BCUT2D eigenvalue weighted by molar-refractivity contribution is 5.99. The van der Waals surface area contributed by atoms with Crippen LogP contribution in [0.4, 0.5) is 0 Å². The van der Waals surface area contributed by atoms with E-state index in [1.54, 1.807) is 12.1 Å². The fourth-order valence-electron chi connectivity index (χ4n) is 7.78. The van der Waals surface area contributed by atoms with Gasteiger partial charge in [-0.25, -0.2) is 4.79 Å². The first-order valence-electron chi connectivity index (χ1n) is 14.6. The van der Waals surface area contributed by atoms with Crippen molar-refractivity contribution in [1.29, 1.82) is 0 Å². The normalized spacial score (nSPS) is 25.3. The van der Waals surface area contributed by atoms with Gasteiger partial charge in [0.05, 0.1) is 0 Å². The molecular weight excluding hydrogens is 498 g/mol. The molecule has 4 bridgehead atoms. The largest absolute Gasteiger partial charge is 0.456 e. The predicted molar refractivity (Wildman–Crippen MR) is 154 cm³/mol. The molecule has 0 aliphatic heterocycles. The summed E-state index contributed by atoms with van der Waals surface area (Å²) in [6.45, 7) is 1.57. The monoisotopic (exact) mass is 535 g/mol. The Morgan fingerprint density at radius 3 is 1.98 bits per heavy atom. The Labute approximate surface area is 236 Å². The molecule has 0 spiro atoms. The van der Waals surface area contributed by atoms with Gasteiger partial charge in [0.2, 0.25) is 0 Å². The zero-order chi connectivity index (χ0) is 27.7. The van der Waals surface area contributed by atoms with E-state index in [0.29, 0.717) is 11.1 Å².